The number of amides is 2. The molecule has 1 aliphatic rings. The Balaban J connectivity index is 1.49. The minimum Gasteiger partial charge on any atom is -0.490 e. The minimum atomic E-state index is -0.335. The van der Waals surface area contributed by atoms with E-state index in [0.29, 0.717) is 44.0 Å². The van der Waals surface area contributed by atoms with E-state index in [4.69, 9.17) is 9.47 Å². The van der Waals surface area contributed by atoms with Crippen molar-refractivity contribution in [1.82, 2.24) is 9.80 Å². The fourth-order valence-corrected chi connectivity index (χ4v) is 4.70. The van der Waals surface area contributed by atoms with Gasteiger partial charge in [0.2, 0.25) is 5.91 Å². The average Bonchev–Trinajstić information content (AvgIpc) is 2.91. The lowest BCUT2D eigenvalue weighted by atomic mass is 9.90. The number of nitrogens with zero attached hydrogens (tertiary/aromatic N) is 2. The van der Waals surface area contributed by atoms with Crippen LogP contribution in [0.5, 0.6) is 5.75 Å². The van der Waals surface area contributed by atoms with E-state index in [-0.39, 0.29) is 36.1 Å². The highest BCUT2D eigenvalue weighted by molar-refractivity contribution is 5.94. The molecule has 0 bridgehead atoms. The monoisotopic (exact) mass is 504 g/mol. The van der Waals surface area contributed by atoms with E-state index >= 15 is 0 Å². The number of piperidine rings is 1. The molecule has 0 radical (unpaired) electrons. The van der Waals surface area contributed by atoms with Gasteiger partial charge >= 0.3 is 0 Å². The first-order valence-corrected chi connectivity index (χ1v) is 12.5. The van der Waals surface area contributed by atoms with E-state index in [1.165, 1.54) is 12.1 Å². The normalized spacial score (nSPS) is 17.3. The van der Waals surface area contributed by atoms with Crippen molar-refractivity contribution in [2.24, 2.45) is 5.92 Å². The molecule has 0 N–H and O–H groups in total. The van der Waals surface area contributed by atoms with Crippen molar-refractivity contribution >= 4 is 11.8 Å². The van der Waals surface area contributed by atoms with Crippen LogP contribution >= 0.6 is 0 Å². The summed E-state index contributed by atoms with van der Waals surface area (Å²) in [6.07, 6.45) is 0.535. The third-order valence-corrected chi connectivity index (χ3v) is 6.66. The molecule has 37 heavy (non-hydrogen) atoms. The zero-order chi connectivity index (χ0) is 26.2. The Morgan fingerprint density at radius 1 is 1.00 bits per heavy atom. The smallest absolute Gasteiger partial charge is 0.253 e. The van der Waals surface area contributed by atoms with Gasteiger partial charge in [-0.2, -0.15) is 0 Å². The summed E-state index contributed by atoms with van der Waals surface area (Å²) in [5, 5.41) is 0. The van der Waals surface area contributed by atoms with E-state index in [2.05, 4.69) is 0 Å². The van der Waals surface area contributed by atoms with Crippen LogP contribution in [0, 0.1) is 11.7 Å². The second kappa shape index (κ2) is 12.5. The highest BCUT2D eigenvalue weighted by Crippen LogP contribution is 2.28. The average molecular weight is 505 g/mol. The van der Waals surface area contributed by atoms with Crippen molar-refractivity contribution in [3.63, 3.8) is 0 Å². The fourth-order valence-electron chi connectivity index (χ4n) is 4.70. The van der Waals surface area contributed by atoms with Gasteiger partial charge in [-0.1, -0.05) is 42.5 Å². The van der Waals surface area contributed by atoms with Crippen LogP contribution in [-0.4, -0.2) is 55.0 Å². The summed E-state index contributed by atoms with van der Waals surface area (Å²) < 4.78 is 24.8. The van der Waals surface area contributed by atoms with Crippen molar-refractivity contribution in [3.05, 3.63) is 101 Å². The molecule has 194 valence electrons. The molecule has 7 heteroatoms. The van der Waals surface area contributed by atoms with Gasteiger partial charge < -0.3 is 19.3 Å². The molecular weight excluding hydrogens is 471 g/mol. The lowest BCUT2D eigenvalue weighted by molar-refractivity contribution is -0.132. The first-order valence-electron chi connectivity index (χ1n) is 12.5. The Morgan fingerprint density at radius 3 is 2.46 bits per heavy atom. The van der Waals surface area contributed by atoms with Crippen LogP contribution < -0.4 is 4.74 Å². The maximum atomic E-state index is 13.4. The highest BCUT2D eigenvalue weighted by atomic mass is 19.1. The lowest BCUT2D eigenvalue weighted by Gasteiger charge is -2.39. The third-order valence-electron chi connectivity index (χ3n) is 6.66. The van der Waals surface area contributed by atoms with Crippen LogP contribution in [0.25, 0.3) is 0 Å². The number of hydrogen-bond acceptors (Lipinski definition) is 4. The van der Waals surface area contributed by atoms with Gasteiger partial charge in [-0.3, -0.25) is 9.59 Å². The van der Waals surface area contributed by atoms with Crippen molar-refractivity contribution in [2.45, 2.75) is 32.1 Å². The molecule has 0 aliphatic carbocycles. The second-order valence-electron chi connectivity index (χ2n) is 9.48. The molecule has 0 unspecified atom stereocenters. The number of ether oxygens (including phenoxy) is 2. The van der Waals surface area contributed by atoms with Crippen LogP contribution in [0.1, 0.15) is 34.3 Å². The molecular formula is C30H33FN2O4. The number of benzene rings is 3. The van der Waals surface area contributed by atoms with Gasteiger partial charge in [0, 0.05) is 58.1 Å². The molecule has 4 rings (SSSR count). The Kier molecular flexibility index (Phi) is 8.90. The van der Waals surface area contributed by atoms with Gasteiger partial charge in [0.25, 0.3) is 5.91 Å². The number of halogens is 1. The molecule has 1 fully saturated rings. The molecule has 3 aromatic carbocycles. The van der Waals surface area contributed by atoms with E-state index in [9.17, 15) is 14.0 Å². The van der Waals surface area contributed by atoms with E-state index in [1.807, 2.05) is 48.5 Å². The highest BCUT2D eigenvalue weighted by Gasteiger charge is 2.35. The summed E-state index contributed by atoms with van der Waals surface area (Å²) in [5.74, 6) is -0.0897. The summed E-state index contributed by atoms with van der Waals surface area (Å²) >= 11 is 0. The maximum absolute atomic E-state index is 13.4. The number of likely N-dealkylation sites (tertiary alicyclic amines) is 1. The molecule has 2 atom stereocenters. The number of rotatable bonds is 9. The molecule has 0 aromatic heterocycles. The zero-order valence-electron chi connectivity index (χ0n) is 21.3. The first kappa shape index (κ1) is 26.4. The van der Waals surface area contributed by atoms with Crippen molar-refractivity contribution < 1.29 is 23.5 Å². The van der Waals surface area contributed by atoms with Gasteiger partial charge in [0.1, 0.15) is 17.7 Å². The second-order valence-corrected chi connectivity index (χ2v) is 9.48. The molecule has 6 nitrogen and oxygen atoms in total. The van der Waals surface area contributed by atoms with Gasteiger partial charge in [0.15, 0.2) is 0 Å². The van der Waals surface area contributed by atoms with Gasteiger partial charge in [0.05, 0.1) is 6.61 Å². The van der Waals surface area contributed by atoms with Crippen LogP contribution in [0.3, 0.4) is 0 Å². The summed E-state index contributed by atoms with van der Waals surface area (Å²) in [5.41, 5.74) is 2.57. The van der Waals surface area contributed by atoms with Gasteiger partial charge in [-0.05, 0) is 47.5 Å². The Hall–Kier alpha value is -3.71. The van der Waals surface area contributed by atoms with Crippen LogP contribution in [0.15, 0.2) is 78.9 Å². The zero-order valence-corrected chi connectivity index (χ0v) is 21.3. The Morgan fingerprint density at radius 2 is 1.73 bits per heavy atom. The lowest BCUT2D eigenvalue weighted by Crippen LogP contribution is -2.49. The predicted octanol–water partition coefficient (Wildman–Crippen LogP) is 4.93. The summed E-state index contributed by atoms with van der Waals surface area (Å²) in [4.78, 5) is 30.1. The van der Waals surface area contributed by atoms with Crippen molar-refractivity contribution in [2.75, 3.05) is 27.2 Å². The number of methoxy groups -OCH3 is 1. The van der Waals surface area contributed by atoms with Crippen molar-refractivity contribution in [3.8, 4) is 5.75 Å². The molecule has 0 saturated carbocycles. The summed E-state index contributed by atoms with van der Waals surface area (Å²) in [7, 11) is 3.41. The van der Waals surface area contributed by atoms with E-state index in [0.717, 1.165) is 11.1 Å². The fraction of sp³-hybridized carbons (Fsp3) is 0.333. The molecule has 2 amide bonds. The van der Waals surface area contributed by atoms with Gasteiger partial charge in [-0.15, -0.1) is 0 Å². The number of hydrogen-bond donors (Lipinski definition) is 0. The van der Waals surface area contributed by atoms with Crippen molar-refractivity contribution in [1.29, 1.82) is 0 Å². The molecule has 1 heterocycles. The number of carbonyl (C=O) groups is 2. The van der Waals surface area contributed by atoms with Crippen LogP contribution in [0.2, 0.25) is 0 Å². The topological polar surface area (TPSA) is 59.1 Å². The minimum absolute atomic E-state index is 0.0158. The molecule has 1 saturated heterocycles. The number of carbonyl (C=O) groups excluding carboxylic acids is 2. The molecule has 3 aromatic rings. The Bertz CT molecular complexity index is 1190. The Labute approximate surface area is 217 Å². The molecule has 1 aliphatic heterocycles. The standard InChI is InChI=1S/C30H33FN2O4/c1-32(19-22-7-4-3-5-8-22)29(34)18-25-20-33(30(35)24-10-6-9-23(17-24)21-36-2)16-15-28(25)37-27-13-11-26(31)12-14-27/h3-14,17,25,28H,15-16,18-21H2,1-2H3/t25-,28-/m0/s1. The maximum Gasteiger partial charge on any atom is 0.253 e. The van der Waals surface area contributed by atoms with Crippen LogP contribution in [0.4, 0.5) is 4.39 Å². The first-order chi connectivity index (χ1) is 17.9. The SMILES string of the molecule is COCc1cccc(C(=O)N2CC[C@H](Oc3ccc(F)cc3)[C@@H](CC(=O)N(C)Cc3ccccc3)C2)c1. The summed E-state index contributed by atoms with van der Waals surface area (Å²) in [6, 6.07) is 23.1. The summed E-state index contributed by atoms with van der Waals surface area (Å²) in [6.45, 7) is 1.83. The largest absolute Gasteiger partial charge is 0.490 e. The van der Waals surface area contributed by atoms with E-state index < -0.39 is 0 Å². The quantitative estimate of drug-likeness (QED) is 0.415. The predicted molar refractivity (Wildman–Crippen MR) is 140 cm³/mol. The molecule has 0 spiro atoms. The van der Waals surface area contributed by atoms with Crippen LogP contribution in [-0.2, 0) is 22.7 Å². The van der Waals surface area contributed by atoms with Gasteiger partial charge in [-0.25, -0.2) is 4.39 Å². The third kappa shape index (κ3) is 7.17. The van der Waals surface area contributed by atoms with E-state index in [1.54, 1.807) is 42.2 Å².